The predicted molar refractivity (Wildman–Crippen MR) is 65.4 cm³/mol. The van der Waals surface area contributed by atoms with Gasteiger partial charge in [0.2, 0.25) is 0 Å². The van der Waals surface area contributed by atoms with E-state index in [9.17, 15) is 9.59 Å². The Labute approximate surface area is 105 Å². The Morgan fingerprint density at radius 1 is 0.889 bits per heavy atom. The first kappa shape index (κ1) is 12.4. The van der Waals surface area contributed by atoms with E-state index in [1.54, 1.807) is 30.3 Å². The van der Waals surface area contributed by atoms with Crippen LogP contribution in [0.3, 0.4) is 0 Å². The van der Waals surface area contributed by atoms with Crippen molar-refractivity contribution in [3.63, 3.8) is 0 Å². The molecule has 0 amide bonds. The van der Waals surface area contributed by atoms with E-state index >= 15 is 0 Å². The van der Waals surface area contributed by atoms with Gasteiger partial charge in [-0.3, -0.25) is 0 Å². The number of esters is 2. The van der Waals surface area contributed by atoms with Gasteiger partial charge in [0.15, 0.2) is 0 Å². The van der Waals surface area contributed by atoms with E-state index in [1.165, 1.54) is 0 Å². The Bertz CT molecular complexity index is 476. The molecule has 0 fully saturated rings. The topological polar surface area (TPSA) is 52.6 Å². The van der Waals surface area contributed by atoms with Gasteiger partial charge in [0, 0.05) is 0 Å². The molecular formula is C14H14O4. The average Bonchev–Trinajstić information content (AvgIpc) is 2.40. The molecule has 94 valence electrons. The average molecular weight is 246 g/mol. The van der Waals surface area contributed by atoms with Gasteiger partial charge in [-0.25, -0.2) is 9.59 Å². The third-order valence-corrected chi connectivity index (χ3v) is 2.59. The molecule has 1 heterocycles. The molecule has 1 aliphatic rings. The fourth-order valence-electron chi connectivity index (χ4n) is 1.67. The molecule has 0 atom stereocenters. The largest absolute Gasteiger partial charge is 0.462 e. The van der Waals surface area contributed by atoms with Crippen LogP contribution in [0.2, 0.25) is 0 Å². The minimum atomic E-state index is -0.507. The number of carbonyl (C=O) groups is 2. The van der Waals surface area contributed by atoms with E-state index in [-0.39, 0.29) is 17.7 Å². The van der Waals surface area contributed by atoms with E-state index < -0.39 is 11.9 Å². The number of rotatable bonds is 0. The third-order valence-electron chi connectivity index (χ3n) is 2.59. The highest BCUT2D eigenvalue weighted by molar-refractivity contribution is 6.03. The minimum Gasteiger partial charge on any atom is -0.462 e. The van der Waals surface area contributed by atoms with Crippen molar-refractivity contribution in [3.8, 4) is 0 Å². The maximum Gasteiger partial charge on any atom is 0.339 e. The van der Waals surface area contributed by atoms with Crippen molar-refractivity contribution in [3.05, 3.63) is 47.5 Å². The van der Waals surface area contributed by atoms with Gasteiger partial charge in [-0.15, -0.1) is 0 Å². The summed E-state index contributed by atoms with van der Waals surface area (Å²) >= 11 is 0. The molecule has 0 bridgehead atoms. The van der Waals surface area contributed by atoms with Gasteiger partial charge in [-0.2, -0.15) is 0 Å². The summed E-state index contributed by atoms with van der Waals surface area (Å²) in [5.41, 5.74) is 0.503. The summed E-state index contributed by atoms with van der Waals surface area (Å²) in [6.07, 6.45) is 5.27. The summed E-state index contributed by atoms with van der Waals surface area (Å²) in [6.45, 7) is 0.578. The molecule has 4 nitrogen and oxygen atoms in total. The number of benzene rings is 1. The van der Waals surface area contributed by atoms with Crippen LogP contribution in [0.1, 0.15) is 33.6 Å². The lowest BCUT2D eigenvalue weighted by Gasteiger charge is -2.09. The van der Waals surface area contributed by atoms with Crippen LogP contribution in [0.4, 0.5) is 0 Å². The number of allylic oxidation sites excluding steroid dienone is 1. The Morgan fingerprint density at radius 3 is 2.28 bits per heavy atom. The van der Waals surface area contributed by atoms with E-state index in [2.05, 4.69) is 0 Å². The van der Waals surface area contributed by atoms with Gasteiger partial charge >= 0.3 is 11.9 Å². The van der Waals surface area contributed by atoms with Crippen LogP contribution in [-0.4, -0.2) is 25.2 Å². The van der Waals surface area contributed by atoms with Crippen LogP contribution < -0.4 is 0 Å². The normalized spacial score (nSPS) is 18.7. The second-order valence-corrected chi connectivity index (χ2v) is 3.89. The smallest absolute Gasteiger partial charge is 0.339 e. The lowest BCUT2D eigenvalue weighted by atomic mass is 10.1. The lowest BCUT2D eigenvalue weighted by molar-refractivity contribution is 0.0469. The molecule has 18 heavy (non-hydrogen) atoms. The molecule has 2 rings (SSSR count). The summed E-state index contributed by atoms with van der Waals surface area (Å²) in [5, 5.41) is 0. The summed E-state index contributed by atoms with van der Waals surface area (Å²) in [6, 6.07) is 6.52. The van der Waals surface area contributed by atoms with Gasteiger partial charge in [0.05, 0.1) is 17.7 Å². The van der Waals surface area contributed by atoms with E-state index in [0.29, 0.717) is 6.61 Å². The number of hydrogen-bond acceptors (Lipinski definition) is 4. The molecule has 0 N–H and O–H groups in total. The molecule has 1 aromatic rings. The molecule has 0 aromatic heterocycles. The van der Waals surface area contributed by atoms with Gasteiger partial charge in [0.25, 0.3) is 0 Å². The first-order chi connectivity index (χ1) is 8.79. The van der Waals surface area contributed by atoms with Gasteiger partial charge < -0.3 is 9.47 Å². The molecule has 0 saturated heterocycles. The van der Waals surface area contributed by atoms with E-state index in [4.69, 9.17) is 9.47 Å². The lowest BCUT2D eigenvalue weighted by Crippen LogP contribution is -2.15. The van der Waals surface area contributed by atoms with Crippen molar-refractivity contribution in [2.45, 2.75) is 12.8 Å². The minimum absolute atomic E-state index is 0.224. The maximum absolute atomic E-state index is 11.8. The van der Waals surface area contributed by atoms with Gasteiger partial charge in [-0.05, 0) is 25.0 Å². The van der Waals surface area contributed by atoms with Crippen molar-refractivity contribution in [1.82, 2.24) is 0 Å². The Kier molecular flexibility index (Phi) is 4.12. The van der Waals surface area contributed by atoms with Gasteiger partial charge in [0.1, 0.15) is 6.61 Å². The summed E-state index contributed by atoms with van der Waals surface area (Å²) in [5.74, 6) is -0.986. The van der Waals surface area contributed by atoms with Crippen LogP contribution in [0.25, 0.3) is 0 Å². The zero-order valence-corrected chi connectivity index (χ0v) is 9.93. The second kappa shape index (κ2) is 6.00. The van der Waals surface area contributed by atoms with Gasteiger partial charge in [-0.1, -0.05) is 24.3 Å². The molecule has 0 spiro atoms. The van der Waals surface area contributed by atoms with Crippen molar-refractivity contribution in [2.75, 3.05) is 13.2 Å². The highest BCUT2D eigenvalue weighted by atomic mass is 16.5. The Hall–Kier alpha value is -2.10. The molecule has 1 aliphatic heterocycles. The fourth-order valence-corrected chi connectivity index (χ4v) is 1.67. The van der Waals surface area contributed by atoms with Crippen molar-refractivity contribution < 1.29 is 19.1 Å². The van der Waals surface area contributed by atoms with Crippen LogP contribution >= 0.6 is 0 Å². The number of fused-ring (bicyclic) bond motifs is 1. The number of ether oxygens (including phenoxy) is 2. The quantitative estimate of drug-likeness (QED) is 0.521. The van der Waals surface area contributed by atoms with Crippen molar-refractivity contribution in [1.29, 1.82) is 0 Å². The van der Waals surface area contributed by atoms with Crippen molar-refractivity contribution in [2.24, 2.45) is 0 Å². The second-order valence-electron chi connectivity index (χ2n) is 3.89. The summed E-state index contributed by atoms with van der Waals surface area (Å²) in [4.78, 5) is 23.6. The van der Waals surface area contributed by atoms with E-state index in [1.807, 2.05) is 6.08 Å². The highest BCUT2D eigenvalue weighted by Gasteiger charge is 2.18. The van der Waals surface area contributed by atoms with Crippen molar-refractivity contribution >= 4 is 11.9 Å². The molecule has 1 aromatic carbocycles. The Balaban J connectivity index is 2.28. The maximum atomic E-state index is 11.8. The standard InChI is InChI=1S/C14H14O4/c15-13-11-7-3-4-8-12(11)14(16)18-10-6-2-1-5-9-17-13/h1,3-5,7-8H,2,6,9-10H2/b5-1+. The van der Waals surface area contributed by atoms with Crippen LogP contribution in [0.5, 0.6) is 0 Å². The summed E-state index contributed by atoms with van der Waals surface area (Å²) < 4.78 is 10.2. The molecule has 0 radical (unpaired) electrons. The molecule has 4 heteroatoms. The monoisotopic (exact) mass is 246 g/mol. The van der Waals surface area contributed by atoms with Crippen LogP contribution in [0, 0.1) is 0 Å². The molecular weight excluding hydrogens is 232 g/mol. The van der Waals surface area contributed by atoms with Crippen LogP contribution in [0.15, 0.2) is 36.4 Å². The number of carbonyl (C=O) groups excluding carboxylic acids is 2. The summed E-state index contributed by atoms with van der Waals surface area (Å²) in [7, 11) is 0. The first-order valence-electron chi connectivity index (χ1n) is 5.87. The SMILES string of the molecule is O=C1OC/C=C/CCCOC(=O)c2ccccc21. The predicted octanol–water partition coefficient (Wildman–Crippen LogP) is 2.35. The number of cyclic esters (lactones) is 2. The fraction of sp³-hybridized carbons (Fsp3) is 0.286. The van der Waals surface area contributed by atoms with E-state index in [0.717, 1.165) is 12.8 Å². The molecule has 0 unspecified atom stereocenters. The third kappa shape index (κ3) is 2.97. The van der Waals surface area contributed by atoms with Crippen LogP contribution in [-0.2, 0) is 9.47 Å². The highest BCUT2D eigenvalue weighted by Crippen LogP contribution is 2.13. The Morgan fingerprint density at radius 2 is 1.56 bits per heavy atom. The molecule has 0 saturated carbocycles. The first-order valence-corrected chi connectivity index (χ1v) is 5.87. The zero-order chi connectivity index (χ0) is 12.8. The zero-order valence-electron chi connectivity index (χ0n) is 9.93. The molecule has 0 aliphatic carbocycles. The number of hydrogen-bond donors (Lipinski definition) is 0.